The van der Waals surface area contributed by atoms with Gasteiger partial charge in [0.2, 0.25) is 0 Å². The fourth-order valence-corrected chi connectivity index (χ4v) is 2.52. The molecule has 0 aliphatic heterocycles. The van der Waals surface area contributed by atoms with E-state index in [0.717, 1.165) is 28.0 Å². The fraction of sp³-hybridized carbons (Fsp3) is 0.211. The minimum Gasteiger partial charge on any atom is -0.363 e. The van der Waals surface area contributed by atoms with Crippen LogP contribution in [0.25, 0.3) is 10.8 Å². The van der Waals surface area contributed by atoms with Crippen LogP contribution in [0, 0.1) is 6.92 Å². The van der Waals surface area contributed by atoms with Crippen molar-refractivity contribution < 1.29 is 4.79 Å². The minimum absolute atomic E-state index is 0.266. The standard InChI is InChI=1S/C19H21N5O/c1-13-10-18(24(2)3)23-17(21-13)12-20-19(25)22-16-9-8-14-6-4-5-7-15(14)11-16/h4-11H,12H2,1-3H3,(H2,20,22,25). The van der Waals surface area contributed by atoms with Crippen molar-refractivity contribution >= 4 is 28.3 Å². The van der Waals surface area contributed by atoms with Crippen LogP contribution < -0.4 is 15.5 Å². The van der Waals surface area contributed by atoms with Crippen LogP contribution in [0.15, 0.2) is 48.5 Å². The number of urea groups is 1. The minimum atomic E-state index is -0.285. The van der Waals surface area contributed by atoms with E-state index in [1.165, 1.54) is 0 Å². The zero-order valence-corrected chi connectivity index (χ0v) is 14.6. The van der Waals surface area contributed by atoms with Crippen LogP contribution in [0.4, 0.5) is 16.3 Å². The maximum absolute atomic E-state index is 12.1. The normalized spacial score (nSPS) is 10.5. The summed E-state index contributed by atoms with van der Waals surface area (Å²) in [6.45, 7) is 2.18. The van der Waals surface area contributed by atoms with E-state index in [-0.39, 0.29) is 12.6 Å². The molecular formula is C19H21N5O. The molecular weight excluding hydrogens is 314 g/mol. The Balaban J connectivity index is 1.64. The molecule has 0 spiro atoms. The summed E-state index contributed by atoms with van der Waals surface area (Å²) in [6.07, 6.45) is 0. The van der Waals surface area contributed by atoms with Gasteiger partial charge in [-0.15, -0.1) is 0 Å². The lowest BCUT2D eigenvalue weighted by atomic mass is 10.1. The van der Waals surface area contributed by atoms with Crippen LogP contribution in [0.2, 0.25) is 0 Å². The lowest BCUT2D eigenvalue weighted by Crippen LogP contribution is -2.29. The number of hydrogen-bond acceptors (Lipinski definition) is 4. The fourth-order valence-electron chi connectivity index (χ4n) is 2.52. The number of benzene rings is 2. The van der Waals surface area contributed by atoms with Gasteiger partial charge in [-0.25, -0.2) is 14.8 Å². The highest BCUT2D eigenvalue weighted by Crippen LogP contribution is 2.18. The maximum Gasteiger partial charge on any atom is 0.319 e. The van der Waals surface area contributed by atoms with Crippen molar-refractivity contribution in [3.05, 3.63) is 60.0 Å². The molecule has 0 bridgehead atoms. The number of aryl methyl sites for hydroxylation is 1. The predicted octanol–water partition coefficient (Wildman–Crippen LogP) is 3.33. The third-order valence-electron chi connectivity index (χ3n) is 3.76. The van der Waals surface area contributed by atoms with Crippen LogP contribution >= 0.6 is 0 Å². The maximum atomic E-state index is 12.1. The van der Waals surface area contributed by atoms with Gasteiger partial charge in [-0.3, -0.25) is 0 Å². The third kappa shape index (κ3) is 4.23. The monoisotopic (exact) mass is 335 g/mol. The molecule has 0 fully saturated rings. The number of anilines is 2. The van der Waals surface area contributed by atoms with E-state index in [9.17, 15) is 4.79 Å². The van der Waals surface area contributed by atoms with Crippen LogP contribution in [-0.2, 0) is 6.54 Å². The van der Waals surface area contributed by atoms with E-state index < -0.39 is 0 Å². The van der Waals surface area contributed by atoms with Gasteiger partial charge in [0.25, 0.3) is 0 Å². The smallest absolute Gasteiger partial charge is 0.319 e. The zero-order chi connectivity index (χ0) is 17.8. The van der Waals surface area contributed by atoms with Crippen LogP contribution in [0.5, 0.6) is 0 Å². The van der Waals surface area contributed by atoms with Gasteiger partial charge in [-0.05, 0) is 29.8 Å². The van der Waals surface area contributed by atoms with Gasteiger partial charge in [0.15, 0.2) is 0 Å². The molecule has 1 heterocycles. The lowest BCUT2D eigenvalue weighted by Gasteiger charge is -2.13. The summed E-state index contributed by atoms with van der Waals surface area (Å²) in [4.78, 5) is 22.8. The average Bonchev–Trinajstić information content (AvgIpc) is 2.59. The predicted molar refractivity (Wildman–Crippen MR) is 101 cm³/mol. The second-order valence-electron chi connectivity index (χ2n) is 6.05. The molecule has 3 aromatic rings. The number of aromatic nitrogens is 2. The number of carbonyl (C=O) groups is 1. The van der Waals surface area contributed by atoms with E-state index in [1.807, 2.05) is 74.4 Å². The molecule has 0 aliphatic carbocycles. The number of nitrogens with one attached hydrogen (secondary N) is 2. The third-order valence-corrected chi connectivity index (χ3v) is 3.76. The topological polar surface area (TPSA) is 70.2 Å². The lowest BCUT2D eigenvalue weighted by molar-refractivity contribution is 0.251. The van der Waals surface area contributed by atoms with E-state index in [1.54, 1.807) is 0 Å². The summed E-state index contributed by atoms with van der Waals surface area (Å²) in [6, 6.07) is 15.5. The molecule has 3 rings (SSSR count). The van der Waals surface area contributed by atoms with Crippen molar-refractivity contribution in [3.63, 3.8) is 0 Å². The van der Waals surface area contributed by atoms with E-state index in [0.29, 0.717) is 5.82 Å². The first kappa shape index (κ1) is 16.7. The van der Waals surface area contributed by atoms with Gasteiger partial charge in [0.05, 0.1) is 6.54 Å². The van der Waals surface area contributed by atoms with E-state index in [2.05, 4.69) is 20.6 Å². The van der Waals surface area contributed by atoms with Crippen molar-refractivity contribution in [2.45, 2.75) is 13.5 Å². The number of hydrogen-bond donors (Lipinski definition) is 2. The summed E-state index contributed by atoms with van der Waals surface area (Å²) in [5.41, 5.74) is 1.61. The SMILES string of the molecule is Cc1cc(N(C)C)nc(CNC(=O)Nc2ccc3ccccc3c2)n1. The van der Waals surface area contributed by atoms with Gasteiger partial charge in [0, 0.05) is 31.5 Å². The summed E-state index contributed by atoms with van der Waals surface area (Å²) >= 11 is 0. The van der Waals surface area contributed by atoms with Gasteiger partial charge < -0.3 is 15.5 Å². The van der Waals surface area contributed by atoms with Crippen molar-refractivity contribution in [3.8, 4) is 0 Å². The number of rotatable bonds is 4. The first-order chi connectivity index (χ1) is 12.0. The first-order valence-corrected chi connectivity index (χ1v) is 8.07. The molecule has 6 heteroatoms. The number of amides is 2. The molecule has 0 saturated heterocycles. The summed E-state index contributed by atoms with van der Waals surface area (Å²) in [7, 11) is 3.84. The Bertz CT molecular complexity index is 907. The molecule has 25 heavy (non-hydrogen) atoms. The molecule has 2 aromatic carbocycles. The van der Waals surface area contributed by atoms with Crippen molar-refractivity contribution in [2.75, 3.05) is 24.3 Å². The molecule has 2 N–H and O–H groups in total. The van der Waals surface area contributed by atoms with Crippen molar-refractivity contribution in [2.24, 2.45) is 0 Å². The molecule has 128 valence electrons. The molecule has 6 nitrogen and oxygen atoms in total. The number of carbonyl (C=O) groups excluding carboxylic acids is 1. The Morgan fingerprint density at radius 3 is 2.56 bits per heavy atom. The van der Waals surface area contributed by atoms with Crippen molar-refractivity contribution in [1.82, 2.24) is 15.3 Å². The first-order valence-electron chi connectivity index (χ1n) is 8.07. The van der Waals surface area contributed by atoms with Crippen molar-refractivity contribution in [1.29, 1.82) is 0 Å². The van der Waals surface area contributed by atoms with Gasteiger partial charge in [0.1, 0.15) is 11.6 Å². The summed E-state index contributed by atoms with van der Waals surface area (Å²) in [5, 5.41) is 7.85. The second-order valence-corrected chi connectivity index (χ2v) is 6.05. The largest absolute Gasteiger partial charge is 0.363 e. The molecule has 2 amide bonds. The summed E-state index contributed by atoms with van der Waals surface area (Å²) in [5.74, 6) is 1.40. The van der Waals surface area contributed by atoms with Gasteiger partial charge >= 0.3 is 6.03 Å². The summed E-state index contributed by atoms with van der Waals surface area (Å²) < 4.78 is 0. The van der Waals surface area contributed by atoms with Gasteiger partial charge in [-0.2, -0.15) is 0 Å². The highest BCUT2D eigenvalue weighted by Gasteiger charge is 2.07. The Labute approximate surface area is 146 Å². The molecule has 0 unspecified atom stereocenters. The Kier molecular flexibility index (Phi) is 4.79. The van der Waals surface area contributed by atoms with E-state index >= 15 is 0 Å². The second kappa shape index (κ2) is 7.17. The Morgan fingerprint density at radius 2 is 1.80 bits per heavy atom. The quantitative estimate of drug-likeness (QED) is 0.767. The molecule has 0 radical (unpaired) electrons. The zero-order valence-electron chi connectivity index (χ0n) is 14.6. The van der Waals surface area contributed by atoms with E-state index in [4.69, 9.17) is 0 Å². The Morgan fingerprint density at radius 1 is 1.04 bits per heavy atom. The number of nitrogens with zero attached hydrogens (tertiary/aromatic N) is 3. The Hall–Kier alpha value is -3.15. The highest BCUT2D eigenvalue weighted by atomic mass is 16.2. The van der Waals surface area contributed by atoms with Crippen LogP contribution in [0.1, 0.15) is 11.5 Å². The van der Waals surface area contributed by atoms with Crippen LogP contribution in [0.3, 0.4) is 0 Å². The molecule has 0 aliphatic rings. The molecule has 0 atom stereocenters. The molecule has 0 saturated carbocycles. The highest BCUT2D eigenvalue weighted by molar-refractivity contribution is 5.93. The average molecular weight is 335 g/mol. The van der Waals surface area contributed by atoms with Gasteiger partial charge in [-0.1, -0.05) is 30.3 Å². The number of fused-ring (bicyclic) bond motifs is 1. The molecule has 1 aromatic heterocycles. The van der Waals surface area contributed by atoms with Crippen LogP contribution in [-0.4, -0.2) is 30.1 Å².